The number of nitrogens with zero attached hydrogens (tertiary/aromatic N) is 1. The second-order valence-corrected chi connectivity index (χ2v) is 6.62. The average Bonchev–Trinajstić information content (AvgIpc) is 2.86. The maximum atomic E-state index is 12.2. The largest absolute Gasteiger partial charge is 0.480 e. The van der Waals surface area contributed by atoms with Crippen LogP contribution in [0.3, 0.4) is 0 Å². The number of hydrogen-bond donors (Lipinski definition) is 2. The molecule has 0 spiro atoms. The summed E-state index contributed by atoms with van der Waals surface area (Å²) in [5.41, 5.74) is 0. The smallest absolute Gasteiger partial charge is 0.323 e. The lowest BCUT2D eigenvalue weighted by atomic mass is 10.2. The molecule has 0 saturated heterocycles. The molecule has 1 amide bonds. The van der Waals surface area contributed by atoms with Gasteiger partial charge in [0.1, 0.15) is 6.54 Å². The lowest BCUT2D eigenvalue weighted by Crippen LogP contribution is -2.38. The molecule has 0 bridgehead atoms. The number of amides is 1. The van der Waals surface area contributed by atoms with Crippen molar-refractivity contribution in [2.75, 3.05) is 20.1 Å². The molecular formula is C12H18N2O6S. The SMILES string of the molecule is CNS(=O)(=O)c1ccc(C(=O)N(CC(=O)O)CC(C)C)o1. The van der Waals surface area contributed by atoms with Gasteiger partial charge >= 0.3 is 5.97 Å². The summed E-state index contributed by atoms with van der Waals surface area (Å²) in [7, 11) is -2.57. The van der Waals surface area contributed by atoms with E-state index in [1.54, 1.807) is 0 Å². The Morgan fingerprint density at radius 1 is 1.38 bits per heavy atom. The molecule has 9 heteroatoms. The fraction of sp³-hybridized carbons (Fsp3) is 0.500. The van der Waals surface area contributed by atoms with Gasteiger partial charge in [0.2, 0.25) is 5.09 Å². The first-order chi connectivity index (χ1) is 9.67. The molecule has 1 aromatic heterocycles. The van der Waals surface area contributed by atoms with Gasteiger partial charge in [-0.15, -0.1) is 0 Å². The maximum Gasteiger partial charge on any atom is 0.323 e. The van der Waals surface area contributed by atoms with Gasteiger partial charge in [-0.1, -0.05) is 13.8 Å². The standard InChI is InChI=1S/C12H18N2O6S/c1-8(2)6-14(7-10(15)16)12(17)9-4-5-11(20-9)21(18,19)13-3/h4-5,8,13H,6-7H2,1-3H3,(H,15,16). The Balaban J connectivity index is 3.02. The number of rotatable bonds is 7. The minimum atomic E-state index is -3.79. The second kappa shape index (κ2) is 6.72. The summed E-state index contributed by atoms with van der Waals surface area (Å²) in [5, 5.41) is 8.44. The predicted octanol–water partition coefficient (Wildman–Crippen LogP) is 0.370. The summed E-state index contributed by atoms with van der Waals surface area (Å²) in [6.45, 7) is 3.41. The fourth-order valence-corrected chi connectivity index (χ4v) is 2.31. The molecule has 118 valence electrons. The van der Waals surface area contributed by atoms with E-state index in [1.807, 2.05) is 13.8 Å². The van der Waals surface area contributed by atoms with E-state index in [9.17, 15) is 18.0 Å². The van der Waals surface area contributed by atoms with Crippen LogP contribution in [-0.4, -0.2) is 50.4 Å². The van der Waals surface area contributed by atoms with E-state index < -0.39 is 33.5 Å². The Morgan fingerprint density at radius 2 is 2.00 bits per heavy atom. The molecule has 0 saturated carbocycles. The van der Waals surface area contributed by atoms with Crippen molar-refractivity contribution in [1.29, 1.82) is 0 Å². The van der Waals surface area contributed by atoms with Crippen LogP contribution in [0.25, 0.3) is 0 Å². The summed E-state index contributed by atoms with van der Waals surface area (Å²) >= 11 is 0. The normalized spacial score (nSPS) is 11.6. The number of carboxylic acids is 1. The van der Waals surface area contributed by atoms with Crippen LogP contribution in [0.1, 0.15) is 24.4 Å². The van der Waals surface area contributed by atoms with Crippen molar-refractivity contribution in [2.24, 2.45) is 5.92 Å². The summed E-state index contributed by atoms with van der Waals surface area (Å²) < 4.78 is 30.2. The molecule has 0 aliphatic carbocycles. The van der Waals surface area contributed by atoms with Gasteiger partial charge in [-0.25, -0.2) is 13.1 Å². The van der Waals surface area contributed by atoms with Gasteiger partial charge in [0.15, 0.2) is 5.76 Å². The number of furan rings is 1. The number of hydrogen-bond acceptors (Lipinski definition) is 5. The zero-order valence-corrected chi connectivity index (χ0v) is 12.8. The summed E-state index contributed by atoms with van der Waals surface area (Å²) in [6, 6.07) is 2.36. The molecular weight excluding hydrogens is 300 g/mol. The average molecular weight is 318 g/mol. The number of carbonyl (C=O) groups excluding carboxylic acids is 1. The lowest BCUT2D eigenvalue weighted by Gasteiger charge is -2.21. The van der Waals surface area contributed by atoms with Crippen molar-refractivity contribution in [2.45, 2.75) is 18.9 Å². The van der Waals surface area contributed by atoms with Crippen molar-refractivity contribution in [3.63, 3.8) is 0 Å². The van der Waals surface area contributed by atoms with Gasteiger partial charge in [-0.3, -0.25) is 9.59 Å². The van der Waals surface area contributed by atoms with E-state index >= 15 is 0 Å². The van der Waals surface area contributed by atoms with Gasteiger partial charge in [0.25, 0.3) is 15.9 Å². The van der Waals surface area contributed by atoms with Gasteiger partial charge in [0, 0.05) is 6.54 Å². The first-order valence-electron chi connectivity index (χ1n) is 6.21. The highest BCUT2D eigenvalue weighted by atomic mass is 32.2. The predicted molar refractivity (Wildman–Crippen MR) is 73.3 cm³/mol. The van der Waals surface area contributed by atoms with E-state index in [0.717, 1.165) is 11.0 Å². The number of carboxylic acid groups (broad SMARTS) is 1. The molecule has 2 N–H and O–H groups in total. The Morgan fingerprint density at radius 3 is 2.48 bits per heavy atom. The van der Waals surface area contributed by atoms with Gasteiger partial charge in [-0.2, -0.15) is 0 Å². The van der Waals surface area contributed by atoms with Crippen LogP contribution in [-0.2, 0) is 14.8 Å². The third-order valence-electron chi connectivity index (χ3n) is 2.52. The molecule has 0 radical (unpaired) electrons. The molecule has 21 heavy (non-hydrogen) atoms. The quantitative estimate of drug-likeness (QED) is 0.750. The number of carbonyl (C=O) groups is 2. The molecule has 0 aromatic carbocycles. The summed E-state index contributed by atoms with van der Waals surface area (Å²) in [6.07, 6.45) is 0. The molecule has 0 unspecified atom stereocenters. The first kappa shape index (κ1) is 17.2. The second-order valence-electron chi connectivity index (χ2n) is 4.80. The molecule has 0 aliphatic heterocycles. The monoisotopic (exact) mass is 318 g/mol. The van der Waals surface area contributed by atoms with Crippen LogP contribution in [0, 0.1) is 5.92 Å². The molecule has 0 fully saturated rings. The summed E-state index contributed by atoms with van der Waals surface area (Å²) in [4.78, 5) is 24.1. The van der Waals surface area contributed by atoms with Crippen molar-refractivity contribution in [3.05, 3.63) is 17.9 Å². The van der Waals surface area contributed by atoms with Gasteiger partial charge in [0.05, 0.1) is 0 Å². The third kappa shape index (κ3) is 4.57. The third-order valence-corrected chi connectivity index (χ3v) is 3.81. The van der Waals surface area contributed by atoms with E-state index in [-0.39, 0.29) is 18.2 Å². The lowest BCUT2D eigenvalue weighted by molar-refractivity contribution is -0.137. The number of aliphatic carboxylic acids is 1. The topological polar surface area (TPSA) is 117 Å². The summed E-state index contributed by atoms with van der Waals surface area (Å²) in [5.74, 6) is -1.98. The van der Waals surface area contributed by atoms with Gasteiger partial charge < -0.3 is 14.4 Å². The molecule has 0 atom stereocenters. The molecule has 8 nitrogen and oxygen atoms in total. The number of sulfonamides is 1. The van der Waals surface area contributed by atoms with E-state index in [0.29, 0.717) is 0 Å². The van der Waals surface area contributed by atoms with E-state index in [2.05, 4.69) is 4.72 Å². The molecule has 1 rings (SSSR count). The van der Waals surface area contributed by atoms with Crippen molar-refractivity contribution in [3.8, 4) is 0 Å². The first-order valence-corrected chi connectivity index (χ1v) is 7.70. The highest BCUT2D eigenvalue weighted by Crippen LogP contribution is 2.16. The Bertz CT molecular complexity index is 619. The van der Waals surface area contributed by atoms with Crippen molar-refractivity contribution in [1.82, 2.24) is 9.62 Å². The van der Waals surface area contributed by atoms with Crippen LogP contribution < -0.4 is 4.72 Å². The molecule has 1 aromatic rings. The van der Waals surface area contributed by atoms with Crippen LogP contribution in [0.5, 0.6) is 0 Å². The Labute approximate surface area is 122 Å². The number of nitrogens with one attached hydrogen (secondary N) is 1. The fourth-order valence-electron chi connectivity index (χ4n) is 1.66. The van der Waals surface area contributed by atoms with Gasteiger partial charge in [-0.05, 0) is 25.1 Å². The van der Waals surface area contributed by atoms with E-state index in [1.165, 1.54) is 13.1 Å². The Kier molecular flexibility index (Phi) is 5.50. The van der Waals surface area contributed by atoms with Crippen LogP contribution in [0.4, 0.5) is 0 Å². The van der Waals surface area contributed by atoms with Crippen molar-refractivity contribution >= 4 is 21.9 Å². The van der Waals surface area contributed by atoms with E-state index in [4.69, 9.17) is 9.52 Å². The minimum Gasteiger partial charge on any atom is -0.480 e. The highest BCUT2D eigenvalue weighted by molar-refractivity contribution is 7.89. The maximum absolute atomic E-state index is 12.2. The zero-order valence-electron chi connectivity index (χ0n) is 12.0. The molecule has 0 aliphatic rings. The van der Waals surface area contributed by atoms with Crippen LogP contribution in [0.15, 0.2) is 21.6 Å². The van der Waals surface area contributed by atoms with Crippen molar-refractivity contribution < 1.29 is 27.5 Å². The van der Waals surface area contributed by atoms with Crippen LogP contribution >= 0.6 is 0 Å². The highest BCUT2D eigenvalue weighted by Gasteiger charge is 2.25. The van der Waals surface area contributed by atoms with Crippen LogP contribution in [0.2, 0.25) is 0 Å². The molecule has 1 heterocycles. The minimum absolute atomic E-state index is 0.0590. The zero-order chi connectivity index (χ0) is 16.2. The Hall–Kier alpha value is -1.87.